The number of piperidine rings is 1. The van der Waals surface area contributed by atoms with Gasteiger partial charge >= 0.3 is 0 Å². The van der Waals surface area contributed by atoms with E-state index in [-0.39, 0.29) is 11.6 Å². The van der Waals surface area contributed by atoms with Gasteiger partial charge < -0.3 is 10.1 Å². The molecular weight excluding hydrogens is 224 g/mol. The monoisotopic (exact) mass is 241 g/mol. The van der Waals surface area contributed by atoms with E-state index in [1.54, 1.807) is 18.2 Å². The minimum Gasteiger partial charge on any atom is -0.491 e. The number of alkyl halides is 2. The molecule has 1 aromatic rings. The molecule has 0 bridgehead atoms. The summed E-state index contributed by atoms with van der Waals surface area (Å²) in [5.41, 5.74) is -0.0247. The van der Waals surface area contributed by atoms with Crippen molar-refractivity contribution in [2.75, 3.05) is 13.2 Å². The number of halogens is 2. The first-order valence-electron chi connectivity index (χ1n) is 6.00. The first-order chi connectivity index (χ1) is 8.27. The smallest absolute Gasteiger partial charge is 0.267 e. The summed E-state index contributed by atoms with van der Waals surface area (Å²) in [6.45, 7) is 1.45. The summed E-state index contributed by atoms with van der Waals surface area (Å²) in [4.78, 5) is 0. The summed E-state index contributed by atoms with van der Waals surface area (Å²) in [5.74, 6) is 0.301. The van der Waals surface area contributed by atoms with Crippen LogP contribution in [0.3, 0.4) is 0 Å². The molecule has 0 saturated carbocycles. The fourth-order valence-electron chi connectivity index (χ4n) is 2.05. The molecule has 1 unspecified atom stereocenters. The first kappa shape index (κ1) is 12.3. The average Bonchev–Trinajstić information content (AvgIpc) is 2.38. The van der Waals surface area contributed by atoms with Gasteiger partial charge in [-0.2, -0.15) is 0 Å². The van der Waals surface area contributed by atoms with Gasteiger partial charge in [0, 0.05) is 6.04 Å². The molecule has 0 spiro atoms. The highest BCUT2D eigenvalue weighted by molar-refractivity contribution is 5.34. The predicted molar refractivity (Wildman–Crippen MR) is 62.5 cm³/mol. The summed E-state index contributed by atoms with van der Waals surface area (Å²) >= 11 is 0. The largest absolute Gasteiger partial charge is 0.491 e. The number of nitrogens with one attached hydrogen (secondary N) is 1. The Bertz CT molecular complexity index is 351. The number of benzene rings is 1. The lowest BCUT2D eigenvalue weighted by atomic mass is 10.1. The van der Waals surface area contributed by atoms with Crippen LogP contribution >= 0.6 is 0 Å². The SMILES string of the molecule is FC(F)c1ccccc1OCC1CCCCN1. The molecule has 1 fully saturated rings. The zero-order valence-electron chi connectivity index (χ0n) is 9.66. The van der Waals surface area contributed by atoms with Crippen LogP contribution in [0.5, 0.6) is 5.75 Å². The van der Waals surface area contributed by atoms with Crippen molar-refractivity contribution in [1.29, 1.82) is 0 Å². The quantitative estimate of drug-likeness (QED) is 0.874. The normalized spacial score (nSPS) is 20.5. The Balaban J connectivity index is 1.93. The van der Waals surface area contributed by atoms with Crippen molar-refractivity contribution in [1.82, 2.24) is 5.32 Å². The molecule has 1 atom stereocenters. The minimum atomic E-state index is -2.48. The Hall–Kier alpha value is -1.16. The fourth-order valence-corrected chi connectivity index (χ4v) is 2.05. The van der Waals surface area contributed by atoms with Gasteiger partial charge in [-0.05, 0) is 31.5 Å². The van der Waals surface area contributed by atoms with Crippen LogP contribution in [0.4, 0.5) is 8.78 Å². The van der Waals surface area contributed by atoms with Crippen LogP contribution in [0, 0.1) is 0 Å². The molecule has 1 aliphatic rings. The van der Waals surface area contributed by atoms with Crippen molar-refractivity contribution in [2.24, 2.45) is 0 Å². The molecule has 0 amide bonds. The summed E-state index contributed by atoms with van der Waals surface area (Å²) in [5, 5.41) is 3.33. The van der Waals surface area contributed by atoms with Crippen molar-refractivity contribution >= 4 is 0 Å². The van der Waals surface area contributed by atoms with Crippen LogP contribution in [0.15, 0.2) is 24.3 Å². The van der Waals surface area contributed by atoms with Gasteiger partial charge in [-0.1, -0.05) is 18.6 Å². The van der Waals surface area contributed by atoms with Crippen LogP contribution in [0.25, 0.3) is 0 Å². The lowest BCUT2D eigenvalue weighted by molar-refractivity contribution is 0.143. The van der Waals surface area contributed by atoms with E-state index in [4.69, 9.17) is 4.74 Å². The maximum absolute atomic E-state index is 12.7. The van der Waals surface area contributed by atoms with Gasteiger partial charge in [0.2, 0.25) is 0 Å². The summed E-state index contributed by atoms with van der Waals surface area (Å²) < 4.78 is 30.9. The first-order valence-corrected chi connectivity index (χ1v) is 6.00. The molecule has 0 aliphatic carbocycles. The second-order valence-electron chi connectivity index (χ2n) is 4.30. The van der Waals surface area contributed by atoms with Gasteiger partial charge in [0.1, 0.15) is 12.4 Å². The summed E-state index contributed by atoms with van der Waals surface area (Å²) in [7, 11) is 0. The highest BCUT2D eigenvalue weighted by Gasteiger charge is 2.16. The van der Waals surface area contributed by atoms with Crippen molar-refractivity contribution < 1.29 is 13.5 Å². The highest BCUT2D eigenvalue weighted by atomic mass is 19.3. The summed E-state index contributed by atoms with van der Waals surface area (Å²) in [6, 6.07) is 6.62. The van der Waals surface area contributed by atoms with Gasteiger partial charge in [-0.3, -0.25) is 0 Å². The number of para-hydroxylation sites is 1. The van der Waals surface area contributed by atoms with Gasteiger partial charge in [0.25, 0.3) is 6.43 Å². The van der Waals surface area contributed by atoms with Crippen LogP contribution in [0.2, 0.25) is 0 Å². The van der Waals surface area contributed by atoms with E-state index in [2.05, 4.69) is 5.32 Å². The Labute approximate surface area is 100.0 Å². The maximum atomic E-state index is 12.7. The molecule has 0 aromatic heterocycles. The second-order valence-corrected chi connectivity index (χ2v) is 4.30. The minimum absolute atomic E-state index is 0.0247. The second kappa shape index (κ2) is 5.96. The lowest BCUT2D eigenvalue weighted by Crippen LogP contribution is -2.38. The van der Waals surface area contributed by atoms with Crippen LogP contribution in [-0.4, -0.2) is 19.2 Å². The number of ether oxygens (including phenoxy) is 1. The zero-order valence-corrected chi connectivity index (χ0v) is 9.66. The van der Waals surface area contributed by atoms with E-state index in [1.807, 2.05) is 0 Å². The van der Waals surface area contributed by atoms with Crippen molar-refractivity contribution in [3.63, 3.8) is 0 Å². The molecule has 1 aliphatic heterocycles. The molecule has 94 valence electrons. The highest BCUT2D eigenvalue weighted by Crippen LogP contribution is 2.28. The fraction of sp³-hybridized carbons (Fsp3) is 0.538. The molecular formula is C13H17F2NO. The van der Waals surface area contributed by atoms with Gasteiger partial charge in [-0.15, -0.1) is 0 Å². The average molecular weight is 241 g/mol. The molecule has 1 saturated heterocycles. The third kappa shape index (κ3) is 3.40. The van der Waals surface area contributed by atoms with E-state index in [0.29, 0.717) is 12.4 Å². The molecule has 2 rings (SSSR count). The molecule has 1 N–H and O–H groups in total. The topological polar surface area (TPSA) is 21.3 Å². The third-order valence-electron chi connectivity index (χ3n) is 3.01. The molecule has 0 radical (unpaired) electrons. The van der Waals surface area contributed by atoms with E-state index in [0.717, 1.165) is 13.0 Å². The van der Waals surface area contributed by atoms with E-state index in [9.17, 15) is 8.78 Å². The van der Waals surface area contributed by atoms with Gasteiger partial charge in [0.15, 0.2) is 0 Å². The molecule has 4 heteroatoms. The summed E-state index contributed by atoms with van der Waals surface area (Å²) in [6.07, 6.45) is 0.934. The van der Waals surface area contributed by atoms with Crippen molar-refractivity contribution in [2.45, 2.75) is 31.7 Å². The Morgan fingerprint density at radius 1 is 1.29 bits per heavy atom. The standard InChI is InChI=1S/C13H17F2NO/c14-13(15)11-6-1-2-7-12(11)17-9-10-5-3-4-8-16-10/h1-2,6-7,10,13,16H,3-5,8-9H2. The molecule has 17 heavy (non-hydrogen) atoms. The van der Waals surface area contributed by atoms with Crippen molar-refractivity contribution in [3.8, 4) is 5.75 Å². The van der Waals surface area contributed by atoms with Crippen LogP contribution in [-0.2, 0) is 0 Å². The number of hydrogen-bond donors (Lipinski definition) is 1. The molecule has 2 nitrogen and oxygen atoms in total. The van der Waals surface area contributed by atoms with Crippen LogP contribution in [0.1, 0.15) is 31.3 Å². The van der Waals surface area contributed by atoms with Gasteiger partial charge in [0.05, 0.1) is 5.56 Å². The Morgan fingerprint density at radius 2 is 2.12 bits per heavy atom. The van der Waals surface area contributed by atoms with Crippen LogP contribution < -0.4 is 10.1 Å². The Kier molecular flexibility index (Phi) is 4.31. The predicted octanol–water partition coefficient (Wildman–Crippen LogP) is 3.15. The molecule has 1 heterocycles. The lowest BCUT2D eigenvalue weighted by Gasteiger charge is -2.24. The third-order valence-corrected chi connectivity index (χ3v) is 3.01. The Morgan fingerprint density at radius 3 is 2.82 bits per heavy atom. The number of hydrogen-bond acceptors (Lipinski definition) is 2. The van der Waals surface area contributed by atoms with E-state index >= 15 is 0 Å². The maximum Gasteiger partial charge on any atom is 0.267 e. The van der Waals surface area contributed by atoms with Crippen molar-refractivity contribution in [3.05, 3.63) is 29.8 Å². The van der Waals surface area contributed by atoms with Gasteiger partial charge in [-0.25, -0.2) is 8.78 Å². The number of rotatable bonds is 4. The van der Waals surface area contributed by atoms with E-state index < -0.39 is 6.43 Å². The van der Waals surface area contributed by atoms with E-state index in [1.165, 1.54) is 18.9 Å². The molecule has 1 aromatic carbocycles. The zero-order chi connectivity index (χ0) is 12.1.